The predicted molar refractivity (Wildman–Crippen MR) is 80.2 cm³/mol. The average Bonchev–Trinajstić information content (AvgIpc) is 3.29. The zero-order valence-electron chi connectivity index (χ0n) is 12.8. The van der Waals surface area contributed by atoms with E-state index >= 15 is 0 Å². The molecule has 1 amide bonds. The average molecular weight is 293 g/mol. The van der Waals surface area contributed by atoms with Crippen molar-refractivity contribution in [1.29, 1.82) is 0 Å². The number of carbonyl (C=O) groups is 1. The van der Waals surface area contributed by atoms with E-state index in [1.165, 1.54) is 12.1 Å². The standard InChI is InChI=1S/C17H24FNO2/c1-3-4-12(2)17(21)19(15-9-10-15)11-16(20)13-5-7-14(18)8-6-13/h5-8,12,15-16,20H,3-4,9-11H2,1-2H3. The maximum Gasteiger partial charge on any atom is 0.225 e. The van der Waals surface area contributed by atoms with Crippen LogP contribution in [0.15, 0.2) is 24.3 Å². The molecule has 2 unspecified atom stereocenters. The lowest BCUT2D eigenvalue weighted by atomic mass is 10.0. The number of hydrogen-bond acceptors (Lipinski definition) is 2. The van der Waals surface area contributed by atoms with E-state index in [1.54, 1.807) is 12.1 Å². The molecular formula is C17H24FNO2. The number of benzene rings is 1. The Kier molecular flexibility index (Phi) is 5.34. The van der Waals surface area contributed by atoms with Crippen LogP contribution in [0.3, 0.4) is 0 Å². The van der Waals surface area contributed by atoms with Crippen LogP contribution in [0.1, 0.15) is 51.2 Å². The van der Waals surface area contributed by atoms with Crippen molar-refractivity contribution in [2.24, 2.45) is 5.92 Å². The van der Waals surface area contributed by atoms with Crippen LogP contribution in [0.2, 0.25) is 0 Å². The fourth-order valence-corrected chi connectivity index (χ4v) is 2.62. The van der Waals surface area contributed by atoms with E-state index in [-0.39, 0.29) is 23.7 Å². The Morgan fingerprint density at radius 2 is 2.00 bits per heavy atom. The molecule has 21 heavy (non-hydrogen) atoms. The third kappa shape index (κ3) is 4.27. The lowest BCUT2D eigenvalue weighted by molar-refractivity contribution is -0.137. The second-order valence-electron chi connectivity index (χ2n) is 5.98. The quantitative estimate of drug-likeness (QED) is 0.838. The molecule has 1 aromatic carbocycles. The van der Waals surface area contributed by atoms with Gasteiger partial charge in [-0.25, -0.2) is 4.39 Å². The van der Waals surface area contributed by atoms with Gasteiger partial charge in [0, 0.05) is 12.0 Å². The molecule has 0 bridgehead atoms. The number of aliphatic hydroxyl groups excluding tert-OH is 1. The fraction of sp³-hybridized carbons (Fsp3) is 0.588. The molecule has 1 saturated carbocycles. The van der Waals surface area contributed by atoms with Gasteiger partial charge in [0.15, 0.2) is 0 Å². The number of aliphatic hydroxyl groups is 1. The minimum atomic E-state index is -0.760. The minimum absolute atomic E-state index is 0.00369. The molecule has 0 saturated heterocycles. The second kappa shape index (κ2) is 7.03. The van der Waals surface area contributed by atoms with Crippen LogP contribution in [-0.4, -0.2) is 28.5 Å². The first-order valence-electron chi connectivity index (χ1n) is 7.77. The second-order valence-corrected chi connectivity index (χ2v) is 5.98. The maximum atomic E-state index is 12.9. The molecular weight excluding hydrogens is 269 g/mol. The van der Waals surface area contributed by atoms with E-state index in [1.807, 2.05) is 11.8 Å². The third-order valence-electron chi connectivity index (χ3n) is 4.04. The van der Waals surface area contributed by atoms with Gasteiger partial charge in [0.05, 0.1) is 12.6 Å². The molecule has 1 aliphatic rings. The molecule has 116 valence electrons. The van der Waals surface area contributed by atoms with Crippen molar-refractivity contribution < 1.29 is 14.3 Å². The minimum Gasteiger partial charge on any atom is -0.387 e. The largest absolute Gasteiger partial charge is 0.387 e. The first-order valence-corrected chi connectivity index (χ1v) is 7.77. The van der Waals surface area contributed by atoms with Gasteiger partial charge in [-0.2, -0.15) is 0 Å². The van der Waals surface area contributed by atoms with Crippen LogP contribution in [0.25, 0.3) is 0 Å². The van der Waals surface area contributed by atoms with Gasteiger partial charge in [-0.1, -0.05) is 32.4 Å². The van der Waals surface area contributed by atoms with Crippen molar-refractivity contribution >= 4 is 5.91 Å². The lowest BCUT2D eigenvalue weighted by Gasteiger charge is -2.28. The van der Waals surface area contributed by atoms with E-state index in [9.17, 15) is 14.3 Å². The van der Waals surface area contributed by atoms with Gasteiger partial charge in [-0.05, 0) is 37.0 Å². The molecule has 1 aliphatic carbocycles. The summed E-state index contributed by atoms with van der Waals surface area (Å²) in [5, 5.41) is 10.3. The van der Waals surface area contributed by atoms with Crippen molar-refractivity contribution in [2.75, 3.05) is 6.54 Å². The van der Waals surface area contributed by atoms with Crippen LogP contribution >= 0.6 is 0 Å². The Bertz CT molecular complexity index is 470. The van der Waals surface area contributed by atoms with Gasteiger partial charge in [0.25, 0.3) is 0 Å². The summed E-state index contributed by atoms with van der Waals surface area (Å²) >= 11 is 0. The van der Waals surface area contributed by atoms with Crippen molar-refractivity contribution in [3.05, 3.63) is 35.6 Å². The van der Waals surface area contributed by atoms with Crippen LogP contribution in [0.4, 0.5) is 4.39 Å². The normalized spacial score (nSPS) is 17.3. The Balaban J connectivity index is 2.02. The van der Waals surface area contributed by atoms with E-state index < -0.39 is 6.10 Å². The van der Waals surface area contributed by atoms with Crippen molar-refractivity contribution in [3.63, 3.8) is 0 Å². The molecule has 0 aliphatic heterocycles. The summed E-state index contributed by atoms with van der Waals surface area (Å²) in [5.41, 5.74) is 0.651. The number of halogens is 1. The highest BCUT2D eigenvalue weighted by Gasteiger charge is 2.35. The van der Waals surface area contributed by atoms with Gasteiger partial charge in [-0.3, -0.25) is 4.79 Å². The number of nitrogens with zero attached hydrogens (tertiary/aromatic N) is 1. The zero-order chi connectivity index (χ0) is 15.4. The Morgan fingerprint density at radius 1 is 1.38 bits per heavy atom. The summed E-state index contributed by atoms with van der Waals surface area (Å²) in [5.74, 6) is -0.200. The molecule has 1 fully saturated rings. The van der Waals surface area contributed by atoms with Gasteiger partial charge in [0.1, 0.15) is 5.82 Å². The number of rotatable bonds is 7. The first-order chi connectivity index (χ1) is 10.0. The molecule has 0 spiro atoms. The molecule has 3 nitrogen and oxygen atoms in total. The summed E-state index contributed by atoms with van der Waals surface area (Å²) in [6.07, 6.45) is 3.12. The SMILES string of the molecule is CCCC(C)C(=O)N(CC(O)c1ccc(F)cc1)C1CC1. The first kappa shape index (κ1) is 16.0. The predicted octanol–water partition coefficient (Wildman–Crippen LogP) is 3.29. The maximum absolute atomic E-state index is 12.9. The number of amides is 1. The Hall–Kier alpha value is -1.42. The molecule has 0 heterocycles. The molecule has 4 heteroatoms. The molecule has 2 atom stereocenters. The summed E-state index contributed by atoms with van der Waals surface area (Å²) in [6.45, 7) is 4.31. The van der Waals surface area contributed by atoms with E-state index in [0.29, 0.717) is 12.1 Å². The van der Waals surface area contributed by atoms with Gasteiger partial charge < -0.3 is 10.0 Å². The monoisotopic (exact) mass is 293 g/mol. The Labute approximate surface area is 125 Å². The fourth-order valence-electron chi connectivity index (χ4n) is 2.62. The number of carbonyl (C=O) groups excluding carboxylic acids is 1. The van der Waals surface area contributed by atoms with E-state index in [2.05, 4.69) is 6.92 Å². The molecule has 0 radical (unpaired) electrons. The van der Waals surface area contributed by atoms with E-state index in [0.717, 1.165) is 25.7 Å². The molecule has 2 rings (SSSR count). The van der Waals surface area contributed by atoms with Crippen LogP contribution in [0.5, 0.6) is 0 Å². The van der Waals surface area contributed by atoms with Crippen LogP contribution in [0, 0.1) is 11.7 Å². The zero-order valence-corrected chi connectivity index (χ0v) is 12.8. The topological polar surface area (TPSA) is 40.5 Å². The molecule has 1 N–H and O–H groups in total. The van der Waals surface area contributed by atoms with Crippen molar-refractivity contribution in [1.82, 2.24) is 4.90 Å². The van der Waals surface area contributed by atoms with Crippen molar-refractivity contribution in [2.45, 2.75) is 51.7 Å². The molecule has 1 aromatic rings. The summed E-state index contributed by atoms with van der Waals surface area (Å²) < 4.78 is 12.9. The third-order valence-corrected chi connectivity index (χ3v) is 4.04. The van der Waals surface area contributed by atoms with E-state index in [4.69, 9.17) is 0 Å². The van der Waals surface area contributed by atoms with Crippen molar-refractivity contribution in [3.8, 4) is 0 Å². The highest BCUT2D eigenvalue weighted by Crippen LogP contribution is 2.30. The van der Waals surface area contributed by atoms with Gasteiger partial charge >= 0.3 is 0 Å². The number of hydrogen-bond donors (Lipinski definition) is 1. The van der Waals surface area contributed by atoms with Gasteiger partial charge in [-0.15, -0.1) is 0 Å². The van der Waals surface area contributed by atoms with Crippen LogP contribution < -0.4 is 0 Å². The summed E-state index contributed by atoms with van der Waals surface area (Å²) in [4.78, 5) is 14.3. The lowest BCUT2D eigenvalue weighted by Crippen LogP contribution is -2.39. The summed E-state index contributed by atoms with van der Waals surface area (Å²) in [7, 11) is 0. The summed E-state index contributed by atoms with van der Waals surface area (Å²) in [6, 6.07) is 6.09. The molecule has 0 aromatic heterocycles. The Morgan fingerprint density at radius 3 is 2.52 bits per heavy atom. The smallest absolute Gasteiger partial charge is 0.225 e. The highest BCUT2D eigenvalue weighted by atomic mass is 19.1. The van der Waals surface area contributed by atoms with Gasteiger partial charge in [0.2, 0.25) is 5.91 Å². The highest BCUT2D eigenvalue weighted by molar-refractivity contribution is 5.79. The van der Waals surface area contributed by atoms with Crippen LogP contribution in [-0.2, 0) is 4.79 Å².